The highest BCUT2D eigenvalue weighted by Gasteiger charge is 2.35. The van der Waals surface area contributed by atoms with Gasteiger partial charge in [0.25, 0.3) is 0 Å². The fourth-order valence-electron chi connectivity index (χ4n) is 3.25. The van der Waals surface area contributed by atoms with Crippen molar-refractivity contribution in [3.05, 3.63) is 0 Å². The van der Waals surface area contributed by atoms with Gasteiger partial charge in [-0.15, -0.1) is 0 Å². The summed E-state index contributed by atoms with van der Waals surface area (Å²) in [6.07, 6.45) is 4.27. The van der Waals surface area contributed by atoms with Gasteiger partial charge in [-0.2, -0.15) is 0 Å². The number of hydrogen-bond acceptors (Lipinski definition) is 3. The molecule has 0 radical (unpaired) electrons. The highest BCUT2D eigenvalue weighted by molar-refractivity contribution is 5.80. The van der Waals surface area contributed by atoms with Crippen molar-refractivity contribution in [2.45, 2.75) is 51.2 Å². The number of likely N-dealkylation sites (tertiary alicyclic amines) is 1. The molecule has 6 heteroatoms. The van der Waals surface area contributed by atoms with E-state index in [2.05, 4.69) is 0 Å². The van der Waals surface area contributed by atoms with Gasteiger partial charge in [0.2, 0.25) is 0 Å². The van der Waals surface area contributed by atoms with E-state index < -0.39 is 12.1 Å². The fraction of sp³-hybridized carbons (Fsp3) is 0.857. The molecule has 1 aliphatic heterocycles. The summed E-state index contributed by atoms with van der Waals surface area (Å²) in [4.78, 5) is 26.8. The third-order valence-electron chi connectivity index (χ3n) is 4.49. The molecule has 20 heavy (non-hydrogen) atoms. The van der Waals surface area contributed by atoms with Crippen LogP contribution in [0.4, 0.5) is 4.79 Å². The van der Waals surface area contributed by atoms with Gasteiger partial charge < -0.3 is 20.0 Å². The van der Waals surface area contributed by atoms with Crippen molar-refractivity contribution >= 4 is 12.0 Å². The van der Waals surface area contributed by atoms with Crippen LogP contribution in [-0.2, 0) is 4.79 Å². The van der Waals surface area contributed by atoms with Crippen LogP contribution in [0.15, 0.2) is 0 Å². The van der Waals surface area contributed by atoms with Crippen LogP contribution in [0.3, 0.4) is 0 Å². The molecule has 2 unspecified atom stereocenters. The first-order valence-corrected chi connectivity index (χ1v) is 7.44. The Kier molecular flexibility index (Phi) is 4.86. The number of carboxylic acid groups (broad SMARTS) is 1. The molecule has 2 aliphatic rings. The lowest BCUT2D eigenvalue weighted by atomic mass is 10.0. The van der Waals surface area contributed by atoms with Crippen molar-refractivity contribution in [2.75, 3.05) is 19.6 Å². The Hall–Kier alpha value is -1.30. The van der Waals surface area contributed by atoms with Crippen LogP contribution in [0.25, 0.3) is 0 Å². The van der Waals surface area contributed by atoms with Gasteiger partial charge in [0.05, 0.1) is 6.10 Å². The minimum Gasteiger partial charge on any atom is -0.480 e. The van der Waals surface area contributed by atoms with E-state index in [0.29, 0.717) is 13.1 Å². The number of aliphatic hydroxyl groups is 1. The molecular weight excluding hydrogens is 260 g/mol. The van der Waals surface area contributed by atoms with Crippen LogP contribution < -0.4 is 0 Å². The molecule has 1 aliphatic carbocycles. The van der Waals surface area contributed by atoms with Crippen molar-refractivity contribution in [3.63, 3.8) is 0 Å². The third-order valence-corrected chi connectivity index (χ3v) is 4.49. The number of rotatable bonds is 4. The van der Waals surface area contributed by atoms with E-state index in [1.807, 2.05) is 0 Å². The molecule has 0 spiro atoms. The van der Waals surface area contributed by atoms with Gasteiger partial charge in [-0.3, -0.25) is 4.79 Å². The minimum absolute atomic E-state index is 0.0594. The lowest BCUT2D eigenvalue weighted by Crippen LogP contribution is -2.49. The van der Waals surface area contributed by atoms with Crippen molar-refractivity contribution in [3.8, 4) is 0 Å². The molecule has 0 aromatic rings. The predicted molar refractivity (Wildman–Crippen MR) is 73.4 cm³/mol. The van der Waals surface area contributed by atoms with Gasteiger partial charge in [0.1, 0.15) is 6.54 Å². The number of aliphatic hydroxyl groups excluding tert-OH is 1. The van der Waals surface area contributed by atoms with Gasteiger partial charge in [0, 0.05) is 25.0 Å². The van der Waals surface area contributed by atoms with Crippen molar-refractivity contribution in [1.82, 2.24) is 9.80 Å². The Bertz CT molecular complexity index is 366. The summed E-state index contributed by atoms with van der Waals surface area (Å²) in [6, 6.07) is -0.119. The summed E-state index contributed by atoms with van der Waals surface area (Å²) in [5.74, 6) is -0.856. The van der Waals surface area contributed by atoms with E-state index >= 15 is 0 Å². The van der Waals surface area contributed by atoms with E-state index in [1.54, 1.807) is 11.8 Å². The molecule has 0 bridgehead atoms. The molecular formula is C14H24N2O4. The van der Waals surface area contributed by atoms with Gasteiger partial charge in [-0.25, -0.2) is 4.79 Å². The van der Waals surface area contributed by atoms with Crippen molar-refractivity contribution in [1.29, 1.82) is 0 Å². The average Bonchev–Trinajstić information content (AvgIpc) is 3.05. The standard InChI is InChI=1S/C14H24N2O4/c1-10(17)11-6-7-15(8-11)14(20)16(9-13(18)19)12-4-2-3-5-12/h10-12,17H,2-9H2,1H3,(H,18,19). The molecule has 0 aromatic heterocycles. The zero-order valence-corrected chi connectivity index (χ0v) is 12.0. The molecule has 6 nitrogen and oxygen atoms in total. The molecule has 2 rings (SSSR count). The molecule has 1 saturated carbocycles. The summed E-state index contributed by atoms with van der Waals surface area (Å²) in [7, 11) is 0. The molecule has 2 N–H and O–H groups in total. The lowest BCUT2D eigenvalue weighted by molar-refractivity contribution is -0.138. The second-order valence-corrected chi connectivity index (χ2v) is 5.98. The van der Waals surface area contributed by atoms with Crippen LogP contribution >= 0.6 is 0 Å². The summed E-state index contributed by atoms with van der Waals surface area (Å²) in [5.41, 5.74) is 0. The number of carbonyl (C=O) groups excluding carboxylic acids is 1. The highest BCUT2D eigenvalue weighted by atomic mass is 16.4. The van der Waals surface area contributed by atoms with Gasteiger partial charge in [-0.1, -0.05) is 12.8 Å². The van der Waals surface area contributed by atoms with E-state index in [9.17, 15) is 14.7 Å². The Balaban J connectivity index is 2.01. The fourth-order valence-corrected chi connectivity index (χ4v) is 3.25. The SMILES string of the molecule is CC(O)C1CCN(C(=O)N(CC(=O)O)C2CCCC2)C1. The van der Waals surface area contributed by atoms with E-state index in [-0.39, 0.29) is 24.5 Å². The largest absolute Gasteiger partial charge is 0.480 e. The second-order valence-electron chi connectivity index (χ2n) is 5.98. The zero-order chi connectivity index (χ0) is 14.7. The lowest BCUT2D eigenvalue weighted by Gasteiger charge is -2.31. The normalized spacial score (nSPS) is 24.9. The molecule has 2 amide bonds. The molecule has 114 valence electrons. The van der Waals surface area contributed by atoms with Crippen LogP contribution in [0.1, 0.15) is 39.0 Å². The summed E-state index contributed by atoms with van der Waals surface area (Å²) >= 11 is 0. The molecule has 2 fully saturated rings. The Labute approximate surface area is 119 Å². The number of carbonyl (C=O) groups is 2. The van der Waals surface area contributed by atoms with Gasteiger partial charge in [-0.05, 0) is 26.2 Å². The zero-order valence-electron chi connectivity index (χ0n) is 12.0. The van der Waals surface area contributed by atoms with Crippen LogP contribution in [-0.4, -0.2) is 63.8 Å². The maximum atomic E-state index is 12.5. The number of hydrogen-bond donors (Lipinski definition) is 2. The first-order chi connectivity index (χ1) is 9.49. The molecule has 2 atom stereocenters. The monoisotopic (exact) mass is 284 g/mol. The number of amides is 2. The second kappa shape index (κ2) is 6.43. The Morgan fingerprint density at radius 2 is 1.95 bits per heavy atom. The van der Waals surface area contributed by atoms with Crippen LogP contribution in [0.2, 0.25) is 0 Å². The molecule has 1 heterocycles. The number of aliphatic carboxylic acids is 1. The topological polar surface area (TPSA) is 81.1 Å². The Morgan fingerprint density at radius 3 is 2.45 bits per heavy atom. The van der Waals surface area contributed by atoms with E-state index in [0.717, 1.165) is 32.1 Å². The molecule has 1 saturated heterocycles. The van der Waals surface area contributed by atoms with Crippen molar-refractivity contribution < 1.29 is 19.8 Å². The van der Waals surface area contributed by atoms with E-state index in [4.69, 9.17) is 5.11 Å². The number of nitrogens with zero attached hydrogens (tertiary/aromatic N) is 2. The van der Waals surface area contributed by atoms with Crippen LogP contribution in [0, 0.1) is 5.92 Å². The van der Waals surface area contributed by atoms with Crippen LogP contribution in [0.5, 0.6) is 0 Å². The summed E-state index contributed by atoms with van der Waals surface area (Å²) in [6.45, 7) is 2.65. The first kappa shape index (κ1) is 15.1. The first-order valence-electron chi connectivity index (χ1n) is 7.44. The Morgan fingerprint density at radius 1 is 1.30 bits per heavy atom. The molecule has 0 aromatic carbocycles. The van der Waals surface area contributed by atoms with Gasteiger partial charge in [0.15, 0.2) is 0 Å². The number of urea groups is 1. The maximum absolute atomic E-state index is 12.5. The van der Waals surface area contributed by atoms with Crippen molar-refractivity contribution in [2.24, 2.45) is 5.92 Å². The number of carboxylic acids is 1. The summed E-state index contributed by atoms with van der Waals surface area (Å²) in [5, 5.41) is 18.6. The third kappa shape index (κ3) is 3.42. The van der Waals surface area contributed by atoms with Gasteiger partial charge >= 0.3 is 12.0 Å². The highest BCUT2D eigenvalue weighted by Crippen LogP contribution is 2.26. The van der Waals surface area contributed by atoms with E-state index in [1.165, 1.54) is 4.90 Å². The summed E-state index contributed by atoms with van der Waals surface area (Å²) < 4.78 is 0. The minimum atomic E-state index is -0.962. The quantitative estimate of drug-likeness (QED) is 0.811. The average molecular weight is 284 g/mol. The smallest absolute Gasteiger partial charge is 0.323 e. The predicted octanol–water partition coefficient (Wildman–Crippen LogP) is 1.14. The maximum Gasteiger partial charge on any atom is 0.323 e.